The van der Waals surface area contributed by atoms with Crippen molar-refractivity contribution in [2.45, 2.75) is 40.3 Å². The molecule has 4 rings (SSSR count). The van der Waals surface area contributed by atoms with Crippen molar-refractivity contribution in [2.75, 3.05) is 37.3 Å². The van der Waals surface area contributed by atoms with Gasteiger partial charge in [0.2, 0.25) is 0 Å². The van der Waals surface area contributed by atoms with Crippen LogP contribution in [0.3, 0.4) is 0 Å². The number of fused-ring (bicyclic) bond motifs is 1. The first-order valence-corrected chi connectivity index (χ1v) is 12.6. The molecule has 0 atom stereocenters. The number of nitrogens with zero attached hydrogens (tertiary/aromatic N) is 5. The van der Waals surface area contributed by atoms with E-state index in [4.69, 9.17) is 15.1 Å². The van der Waals surface area contributed by atoms with Crippen LogP contribution in [0.15, 0.2) is 53.2 Å². The molecule has 0 spiro atoms. The number of furan rings is 1. The van der Waals surface area contributed by atoms with E-state index in [1.54, 1.807) is 0 Å². The van der Waals surface area contributed by atoms with Crippen LogP contribution < -0.4 is 16.0 Å². The lowest BCUT2D eigenvalue weighted by Gasteiger charge is -2.27. The van der Waals surface area contributed by atoms with E-state index in [1.165, 1.54) is 12.4 Å². The highest BCUT2D eigenvalue weighted by Gasteiger charge is 2.17. The van der Waals surface area contributed by atoms with Crippen molar-refractivity contribution in [3.63, 3.8) is 0 Å². The largest absolute Gasteiger partial charge is 0.465 e. The van der Waals surface area contributed by atoms with Crippen LogP contribution in [-0.2, 0) is 13.1 Å². The Hall–Kier alpha value is -3.98. The first-order chi connectivity index (χ1) is 17.9. The van der Waals surface area contributed by atoms with Crippen LogP contribution in [-0.4, -0.2) is 52.4 Å². The number of benzene rings is 1. The Kier molecular flexibility index (Phi) is 8.35. The maximum Gasteiger partial charge on any atom is 0.273 e. The number of hydrogen-bond acceptors (Lipinski definition) is 8. The topological polar surface area (TPSA) is 113 Å². The fraction of sp³-hybridized carbons (Fsp3) is 0.357. The van der Waals surface area contributed by atoms with Crippen molar-refractivity contribution in [2.24, 2.45) is 0 Å². The maximum atomic E-state index is 12.8. The molecule has 0 radical (unpaired) electrons. The molecule has 0 aliphatic rings. The molecule has 1 amide bonds. The fourth-order valence-corrected chi connectivity index (χ4v) is 4.40. The van der Waals surface area contributed by atoms with E-state index >= 15 is 0 Å². The predicted molar refractivity (Wildman–Crippen MR) is 146 cm³/mol. The van der Waals surface area contributed by atoms with Crippen LogP contribution in [0.2, 0.25) is 0 Å². The Bertz CT molecular complexity index is 1370. The van der Waals surface area contributed by atoms with Gasteiger partial charge in [0.05, 0.1) is 12.1 Å². The lowest BCUT2D eigenvalue weighted by molar-refractivity contribution is 0.0946. The number of nitrogens with two attached hydrogens (primary N) is 1. The molecule has 9 nitrogen and oxygen atoms in total. The minimum atomic E-state index is -0.369. The number of anilines is 2. The average Bonchev–Trinajstić information content (AvgIpc) is 3.30. The number of amides is 1. The molecule has 0 fully saturated rings. The zero-order valence-electron chi connectivity index (χ0n) is 22.0. The van der Waals surface area contributed by atoms with Gasteiger partial charge in [0.15, 0.2) is 11.5 Å². The number of rotatable bonds is 11. The first kappa shape index (κ1) is 26.1. The molecule has 4 aromatic rings. The van der Waals surface area contributed by atoms with Crippen LogP contribution >= 0.6 is 0 Å². The summed E-state index contributed by atoms with van der Waals surface area (Å²) in [5, 5.41) is 3.97. The summed E-state index contributed by atoms with van der Waals surface area (Å²) in [5.41, 5.74) is 8.94. The van der Waals surface area contributed by atoms with Gasteiger partial charge in [-0.2, -0.15) is 0 Å². The Balaban J connectivity index is 1.54. The summed E-state index contributed by atoms with van der Waals surface area (Å²) in [6.45, 7) is 9.85. The molecular formula is C28H35N7O2. The Morgan fingerprint density at radius 2 is 1.89 bits per heavy atom. The van der Waals surface area contributed by atoms with Crippen molar-refractivity contribution >= 4 is 28.4 Å². The summed E-state index contributed by atoms with van der Waals surface area (Å²) >= 11 is 0. The number of pyridine rings is 1. The molecule has 37 heavy (non-hydrogen) atoms. The minimum absolute atomic E-state index is 0.104. The Morgan fingerprint density at radius 3 is 2.62 bits per heavy atom. The summed E-state index contributed by atoms with van der Waals surface area (Å²) < 4.78 is 5.81. The normalized spacial score (nSPS) is 11.3. The van der Waals surface area contributed by atoms with Gasteiger partial charge in [-0.3, -0.25) is 9.69 Å². The molecular weight excluding hydrogens is 466 g/mol. The molecule has 0 unspecified atom stereocenters. The number of nitrogen functional groups attached to an aromatic ring is 1. The van der Waals surface area contributed by atoms with Crippen LogP contribution in [0, 0.1) is 13.8 Å². The quantitative estimate of drug-likeness (QED) is 0.316. The molecule has 0 aliphatic heterocycles. The second-order valence-electron chi connectivity index (χ2n) is 9.30. The number of para-hydroxylation sites is 1. The van der Waals surface area contributed by atoms with E-state index in [0.29, 0.717) is 0 Å². The van der Waals surface area contributed by atoms with Gasteiger partial charge in [0.1, 0.15) is 17.3 Å². The number of carbonyl (C=O) groups is 1. The number of likely N-dealkylation sites (N-methyl/N-ethyl adjacent to an activating group) is 1. The summed E-state index contributed by atoms with van der Waals surface area (Å²) in [7, 11) is 2.04. The first-order valence-electron chi connectivity index (χ1n) is 12.6. The van der Waals surface area contributed by atoms with E-state index < -0.39 is 0 Å². The third kappa shape index (κ3) is 6.42. The van der Waals surface area contributed by atoms with Crippen molar-refractivity contribution in [3.8, 4) is 0 Å². The molecule has 194 valence electrons. The van der Waals surface area contributed by atoms with Gasteiger partial charge in [0, 0.05) is 50.0 Å². The zero-order chi connectivity index (χ0) is 26.4. The van der Waals surface area contributed by atoms with E-state index in [2.05, 4.69) is 51.1 Å². The van der Waals surface area contributed by atoms with E-state index in [-0.39, 0.29) is 24.0 Å². The second-order valence-corrected chi connectivity index (χ2v) is 9.30. The van der Waals surface area contributed by atoms with Gasteiger partial charge in [-0.1, -0.05) is 25.1 Å². The van der Waals surface area contributed by atoms with Crippen LogP contribution in [0.5, 0.6) is 0 Å². The number of nitrogens with one attached hydrogen (secondary N) is 1. The van der Waals surface area contributed by atoms with E-state index in [0.717, 1.165) is 72.0 Å². The molecule has 0 saturated carbocycles. The van der Waals surface area contributed by atoms with Gasteiger partial charge >= 0.3 is 0 Å². The van der Waals surface area contributed by atoms with Gasteiger partial charge in [-0.15, -0.1) is 0 Å². The maximum absolute atomic E-state index is 12.8. The lowest BCUT2D eigenvalue weighted by atomic mass is 10.1. The minimum Gasteiger partial charge on any atom is -0.465 e. The molecule has 0 bridgehead atoms. The summed E-state index contributed by atoms with van der Waals surface area (Å²) in [6.07, 6.45) is 3.97. The van der Waals surface area contributed by atoms with Crippen molar-refractivity contribution in [1.29, 1.82) is 0 Å². The smallest absolute Gasteiger partial charge is 0.273 e. The van der Waals surface area contributed by atoms with Gasteiger partial charge in [0.25, 0.3) is 5.91 Å². The van der Waals surface area contributed by atoms with E-state index in [9.17, 15) is 4.79 Å². The third-order valence-corrected chi connectivity index (χ3v) is 6.31. The SMILES string of the molecule is CCCN(CCN(C)c1nc2c(C)cccc2cc1CNC(=O)c1nccnc1N)Cc1ccc(C)o1. The Labute approximate surface area is 217 Å². The highest BCUT2D eigenvalue weighted by molar-refractivity contribution is 5.96. The highest BCUT2D eigenvalue weighted by Crippen LogP contribution is 2.25. The molecule has 1 aromatic carbocycles. The summed E-state index contributed by atoms with van der Waals surface area (Å²) in [5.74, 6) is 2.47. The number of carbonyl (C=O) groups excluding carboxylic acids is 1. The molecule has 0 saturated heterocycles. The average molecular weight is 502 g/mol. The molecule has 3 heterocycles. The summed E-state index contributed by atoms with van der Waals surface area (Å²) in [4.78, 5) is 30.4. The number of aromatic nitrogens is 3. The molecule has 3 aromatic heterocycles. The van der Waals surface area contributed by atoms with Crippen LogP contribution in [0.25, 0.3) is 10.9 Å². The number of aryl methyl sites for hydroxylation is 2. The van der Waals surface area contributed by atoms with Crippen LogP contribution in [0.1, 0.15) is 46.5 Å². The second kappa shape index (κ2) is 11.8. The Morgan fingerprint density at radius 1 is 1.08 bits per heavy atom. The number of hydrogen-bond donors (Lipinski definition) is 2. The lowest BCUT2D eigenvalue weighted by Crippen LogP contribution is -2.34. The van der Waals surface area contributed by atoms with E-state index in [1.807, 2.05) is 38.2 Å². The molecule has 3 N–H and O–H groups in total. The standard InChI is InChI=1S/C28H35N7O2/c1-5-13-35(18-23-10-9-20(3)37-23)15-14-34(4)27-22(16-21-8-6-7-19(2)24(21)33-27)17-32-28(36)25-26(29)31-12-11-30-25/h6-12,16H,5,13-15,17-18H2,1-4H3,(H2,29,31)(H,32,36). The van der Waals surface area contributed by atoms with Gasteiger partial charge in [-0.05, 0) is 50.6 Å². The molecule has 0 aliphatic carbocycles. The summed E-state index contributed by atoms with van der Waals surface area (Å²) in [6, 6.07) is 12.3. The van der Waals surface area contributed by atoms with Gasteiger partial charge < -0.3 is 20.4 Å². The monoisotopic (exact) mass is 501 g/mol. The predicted octanol–water partition coefficient (Wildman–Crippen LogP) is 4.10. The zero-order valence-corrected chi connectivity index (χ0v) is 22.0. The van der Waals surface area contributed by atoms with Crippen molar-refractivity contribution in [1.82, 2.24) is 25.2 Å². The third-order valence-electron chi connectivity index (χ3n) is 6.31. The van der Waals surface area contributed by atoms with Crippen molar-refractivity contribution in [3.05, 3.63) is 77.1 Å². The van der Waals surface area contributed by atoms with Gasteiger partial charge in [-0.25, -0.2) is 15.0 Å². The van der Waals surface area contributed by atoms with Crippen molar-refractivity contribution < 1.29 is 9.21 Å². The molecule has 9 heteroatoms. The fourth-order valence-electron chi connectivity index (χ4n) is 4.40. The highest BCUT2D eigenvalue weighted by atomic mass is 16.3. The van der Waals surface area contributed by atoms with Crippen LogP contribution in [0.4, 0.5) is 11.6 Å².